The van der Waals surface area contributed by atoms with Crippen LogP contribution < -0.4 is 15.0 Å². The second-order valence-electron chi connectivity index (χ2n) is 6.24. The van der Waals surface area contributed by atoms with Crippen molar-refractivity contribution in [3.05, 3.63) is 70.7 Å². The number of benzene rings is 2. The third kappa shape index (κ3) is 4.11. The second kappa shape index (κ2) is 8.22. The maximum atomic E-state index is 12.8. The molecule has 3 rings (SSSR count). The number of para-hydroxylation sites is 2. The third-order valence-electron chi connectivity index (χ3n) is 4.37. The molecule has 0 saturated heterocycles. The fraction of sp³-hybridized carbons (Fsp3) is 0.238. The lowest BCUT2D eigenvalue weighted by Crippen LogP contribution is -2.26. The van der Waals surface area contributed by atoms with E-state index in [0.717, 1.165) is 27.8 Å². The molecule has 1 atom stereocenters. The number of carbonyl (C=O) groups is 1. The highest BCUT2D eigenvalue weighted by Gasteiger charge is 2.21. The highest BCUT2D eigenvalue weighted by molar-refractivity contribution is 7.17. The van der Waals surface area contributed by atoms with Crippen LogP contribution in [0.15, 0.2) is 54.6 Å². The van der Waals surface area contributed by atoms with Gasteiger partial charge in [0.15, 0.2) is 5.13 Å². The van der Waals surface area contributed by atoms with Crippen molar-refractivity contribution < 1.29 is 9.53 Å². The van der Waals surface area contributed by atoms with E-state index in [1.54, 1.807) is 7.11 Å². The molecule has 3 aromatic rings. The van der Waals surface area contributed by atoms with Crippen molar-refractivity contribution in [3.8, 4) is 5.75 Å². The van der Waals surface area contributed by atoms with E-state index >= 15 is 0 Å². The molecule has 0 aliphatic carbocycles. The van der Waals surface area contributed by atoms with E-state index in [1.165, 1.54) is 11.3 Å². The number of ether oxygens (including phenoxy) is 1. The molecule has 5 nitrogen and oxygen atoms in total. The van der Waals surface area contributed by atoms with Gasteiger partial charge >= 0.3 is 0 Å². The summed E-state index contributed by atoms with van der Waals surface area (Å²) >= 11 is 1.39. The second-order valence-corrected chi connectivity index (χ2v) is 7.22. The number of rotatable bonds is 6. The molecule has 0 radical (unpaired) electrons. The van der Waals surface area contributed by atoms with Gasteiger partial charge in [-0.1, -0.05) is 47.7 Å². The van der Waals surface area contributed by atoms with E-state index in [0.29, 0.717) is 4.88 Å². The largest absolute Gasteiger partial charge is 0.496 e. The van der Waals surface area contributed by atoms with E-state index in [2.05, 4.69) is 10.3 Å². The van der Waals surface area contributed by atoms with Gasteiger partial charge in [0.05, 0.1) is 18.8 Å². The summed E-state index contributed by atoms with van der Waals surface area (Å²) in [4.78, 5) is 20.0. The number of hydrogen-bond donors (Lipinski definition) is 1. The fourth-order valence-electron chi connectivity index (χ4n) is 2.86. The van der Waals surface area contributed by atoms with Crippen LogP contribution in [0.1, 0.15) is 33.9 Å². The molecule has 0 unspecified atom stereocenters. The van der Waals surface area contributed by atoms with Gasteiger partial charge in [0.1, 0.15) is 10.6 Å². The maximum Gasteiger partial charge on any atom is 0.263 e. The molecule has 1 amide bonds. The van der Waals surface area contributed by atoms with E-state index < -0.39 is 0 Å². The molecule has 140 valence electrons. The molecule has 27 heavy (non-hydrogen) atoms. The number of thiazole rings is 1. The molecule has 1 aromatic heterocycles. The first-order valence-electron chi connectivity index (χ1n) is 8.71. The summed E-state index contributed by atoms with van der Waals surface area (Å²) in [7, 11) is 3.58. The average molecular weight is 382 g/mol. The third-order valence-corrected chi connectivity index (χ3v) is 5.61. The summed E-state index contributed by atoms with van der Waals surface area (Å²) in [5.74, 6) is 0.631. The lowest BCUT2D eigenvalue weighted by Gasteiger charge is -2.17. The zero-order chi connectivity index (χ0) is 19.4. The molecule has 0 fully saturated rings. The summed E-state index contributed by atoms with van der Waals surface area (Å²) < 4.78 is 5.39. The van der Waals surface area contributed by atoms with Crippen molar-refractivity contribution in [2.75, 3.05) is 19.1 Å². The molecule has 1 N–H and O–H groups in total. The van der Waals surface area contributed by atoms with Gasteiger partial charge < -0.3 is 15.0 Å². The maximum absolute atomic E-state index is 12.8. The molecule has 1 heterocycles. The Hall–Kier alpha value is -2.86. The fourth-order valence-corrected chi connectivity index (χ4v) is 3.81. The zero-order valence-corrected chi connectivity index (χ0v) is 16.7. The summed E-state index contributed by atoms with van der Waals surface area (Å²) in [5, 5.41) is 3.84. The number of anilines is 2. The van der Waals surface area contributed by atoms with E-state index in [-0.39, 0.29) is 11.9 Å². The predicted octanol–water partition coefficient (Wildman–Crippen LogP) is 4.72. The quantitative estimate of drug-likeness (QED) is 0.671. The van der Waals surface area contributed by atoms with Gasteiger partial charge in [-0.25, -0.2) is 4.98 Å². The van der Waals surface area contributed by atoms with E-state index in [1.807, 2.05) is 80.4 Å². The molecule has 0 aliphatic rings. The predicted molar refractivity (Wildman–Crippen MR) is 110 cm³/mol. The summed E-state index contributed by atoms with van der Waals surface area (Å²) in [6, 6.07) is 17.5. The molecular formula is C21H23N3O2S. The number of aromatic nitrogens is 1. The Labute approximate surface area is 163 Å². The van der Waals surface area contributed by atoms with Crippen LogP contribution in [0.25, 0.3) is 0 Å². The Morgan fingerprint density at radius 3 is 2.52 bits per heavy atom. The van der Waals surface area contributed by atoms with Crippen molar-refractivity contribution in [3.63, 3.8) is 0 Å². The SMILES string of the molecule is COc1ccccc1[C@@H](C)NC(=O)c1sc(N(C)c2ccccc2)nc1C. The Balaban J connectivity index is 1.78. The van der Waals surface area contributed by atoms with Crippen molar-refractivity contribution in [1.29, 1.82) is 0 Å². The van der Waals surface area contributed by atoms with Gasteiger partial charge in [-0.2, -0.15) is 0 Å². The van der Waals surface area contributed by atoms with Crippen molar-refractivity contribution in [2.45, 2.75) is 19.9 Å². The minimum Gasteiger partial charge on any atom is -0.496 e. The molecule has 6 heteroatoms. The Morgan fingerprint density at radius 1 is 1.15 bits per heavy atom. The molecule has 0 aliphatic heterocycles. The van der Waals surface area contributed by atoms with Crippen molar-refractivity contribution >= 4 is 28.1 Å². The standard InChI is InChI=1S/C21H23N3O2S/c1-14(17-12-8-9-13-18(17)26-4)22-20(25)19-15(2)23-21(27-19)24(3)16-10-6-5-7-11-16/h5-14H,1-4H3,(H,22,25)/t14-/m1/s1. The summed E-state index contributed by atoms with van der Waals surface area (Å²) in [5.41, 5.74) is 2.69. The monoisotopic (exact) mass is 381 g/mol. The summed E-state index contributed by atoms with van der Waals surface area (Å²) in [6.07, 6.45) is 0. The number of hydrogen-bond acceptors (Lipinski definition) is 5. The van der Waals surface area contributed by atoms with Crippen LogP contribution in [0.5, 0.6) is 5.75 Å². The van der Waals surface area contributed by atoms with Crippen molar-refractivity contribution in [1.82, 2.24) is 10.3 Å². The lowest BCUT2D eigenvalue weighted by molar-refractivity contribution is 0.0943. The minimum absolute atomic E-state index is 0.129. The van der Waals surface area contributed by atoms with Gasteiger partial charge in [-0.15, -0.1) is 0 Å². The highest BCUT2D eigenvalue weighted by Crippen LogP contribution is 2.31. The van der Waals surface area contributed by atoms with Crippen LogP contribution in [-0.4, -0.2) is 25.0 Å². The normalized spacial score (nSPS) is 11.7. The van der Waals surface area contributed by atoms with Gasteiger partial charge in [0, 0.05) is 18.3 Å². The van der Waals surface area contributed by atoms with Crippen LogP contribution in [-0.2, 0) is 0 Å². The number of methoxy groups -OCH3 is 1. The Morgan fingerprint density at radius 2 is 1.81 bits per heavy atom. The van der Waals surface area contributed by atoms with Crippen molar-refractivity contribution in [2.24, 2.45) is 0 Å². The lowest BCUT2D eigenvalue weighted by atomic mass is 10.1. The summed E-state index contributed by atoms with van der Waals surface area (Å²) in [6.45, 7) is 3.81. The molecular weight excluding hydrogens is 358 g/mol. The van der Waals surface area contributed by atoms with Gasteiger partial charge in [0.2, 0.25) is 0 Å². The van der Waals surface area contributed by atoms with Gasteiger partial charge in [0.25, 0.3) is 5.91 Å². The Kier molecular flexibility index (Phi) is 5.76. The highest BCUT2D eigenvalue weighted by atomic mass is 32.1. The Bertz CT molecular complexity index is 924. The van der Waals surface area contributed by atoms with E-state index in [4.69, 9.17) is 4.74 Å². The topological polar surface area (TPSA) is 54.5 Å². The van der Waals surface area contributed by atoms with Crippen LogP contribution in [0.2, 0.25) is 0 Å². The van der Waals surface area contributed by atoms with Crippen LogP contribution >= 0.6 is 11.3 Å². The number of carbonyl (C=O) groups excluding carboxylic acids is 1. The molecule has 0 spiro atoms. The van der Waals surface area contributed by atoms with Crippen LogP contribution in [0.3, 0.4) is 0 Å². The van der Waals surface area contributed by atoms with Gasteiger partial charge in [-0.3, -0.25) is 4.79 Å². The van der Waals surface area contributed by atoms with Crippen LogP contribution in [0, 0.1) is 6.92 Å². The van der Waals surface area contributed by atoms with Gasteiger partial charge in [-0.05, 0) is 32.0 Å². The zero-order valence-electron chi connectivity index (χ0n) is 15.9. The first-order chi connectivity index (χ1) is 13.0. The number of aryl methyl sites for hydroxylation is 1. The number of nitrogens with zero attached hydrogens (tertiary/aromatic N) is 2. The molecule has 2 aromatic carbocycles. The average Bonchev–Trinajstić information content (AvgIpc) is 3.09. The number of amides is 1. The molecule has 0 bridgehead atoms. The molecule has 0 saturated carbocycles. The number of nitrogens with one attached hydrogen (secondary N) is 1. The minimum atomic E-state index is -0.176. The first-order valence-corrected chi connectivity index (χ1v) is 9.53. The smallest absolute Gasteiger partial charge is 0.263 e. The van der Waals surface area contributed by atoms with Crippen LogP contribution in [0.4, 0.5) is 10.8 Å². The van der Waals surface area contributed by atoms with E-state index in [9.17, 15) is 4.79 Å². The first kappa shape index (κ1) is 18.9.